The zero-order valence-corrected chi connectivity index (χ0v) is 20.0. The van der Waals surface area contributed by atoms with Crippen molar-refractivity contribution in [2.24, 2.45) is 0 Å². The van der Waals surface area contributed by atoms with Gasteiger partial charge < -0.3 is 24.2 Å². The second kappa shape index (κ2) is 12.3. The maximum atomic E-state index is 13.4. The number of thiophene rings is 1. The molecule has 0 fully saturated rings. The molecule has 2 atom stereocenters. The van der Waals surface area contributed by atoms with Crippen molar-refractivity contribution in [3.63, 3.8) is 0 Å². The van der Waals surface area contributed by atoms with Crippen LogP contribution in [0.2, 0.25) is 0 Å². The maximum absolute atomic E-state index is 13.4. The molecule has 3 rings (SSSR count). The zero-order chi connectivity index (χ0) is 22.9. The molecular formula is C24H34N2O5S. The predicted octanol–water partition coefficient (Wildman–Crippen LogP) is 2.52. The van der Waals surface area contributed by atoms with Gasteiger partial charge in [-0.25, -0.2) is 0 Å². The van der Waals surface area contributed by atoms with Crippen LogP contribution < -0.4 is 4.74 Å². The Kier molecular flexibility index (Phi) is 9.50. The first-order chi connectivity index (χ1) is 15.5. The molecule has 176 valence electrons. The fourth-order valence-electron chi connectivity index (χ4n) is 3.96. The fourth-order valence-corrected chi connectivity index (χ4v) is 4.89. The van der Waals surface area contributed by atoms with Crippen LogP contribution in [0.25, 0.3) is 0 Å². The Labute approximate surface area is 194 Å². The summed E-state index contributed by atoms with van der Waals surface area (Å²) < 4.78 is 16.3. The van der Waals surface area contributed by atoms with Crippen molar-refractivity contribution < 1.29 is 24.1 Å². The third-order valence-corrected chi connectivity index (χ3v) is 6.64. The van der Waals surface area contributed by atoms with Crippen molar-refractivity contribution in [1.82, 2.24) is 9.80 Å². The van der Waals surface area contributed by atoms with Crippen molar-refractivity contribution in [3.8, 4) is 5.75 Å². The molecule has 1 N–H and O–H groups in total. The normalized spacial score (nSPS) is 16.8. The molecule has 0 bridgehead atoms. The number of aryl methyl sites for hydroxylation is 1. The van der Waals surface area contributed by atoms with Gasteiger partial charge in [-0.05, 0) is 42.5 Å². The van der Waals surface area contributed by atoms with Crippen LogP contribution in [0.5, 0.6) is 5.75 Å². The molecule has 1 aliphatic heterocycles. The molecule has 1 aromatic carbocycles. The molecular weight excluding hydrogens is 428 g/mol. The average Bonchev–Trinajstić information content (AvgIpc) is 3.26. The van der Waals surface area contributed by atoms with E-state index < -0.39 is 6.10 Å². The van der Waals surface area contributed by atoms with Crippen molar-refractivity contribution >= 4 is 17.2 Å². The van der Waals surface area contributed by atoms with Gasteiger partial charge in [-0.1, -0.05) is 17.7 Å². The minimum absolute atomic E-state index is 0.0278. The summed E-state index contributed by atoms with van der Waals surface area (Å²) in [5.74, 6) is 0.829. The highest BCUT2D eigenvalue weighted by molar-refractivity contribution is 7.10. The van der Waals surface area contributed by atoms with Crippen LogP contribution in [0.3, 0.4) is 0 Å². The molecule has 0 saturated carbocycles. The number of benzene rings is 1. The smallest absolute Gasteiger partial charge is 0.237 e. The van der Waals surface area contributed by atoms with Crippen molar-refractivity contribution in [1.29, 1.82) is 0 Å². The monoisotopic (exact) mass is 462 g/mol. The van der Waals surface area contributed by atoms with Crippen LogP contribution in [0.1, 0.15) is 22.0 Å². The molecule has 0 saturated heterocycles. The number of carbonyl (C=O) groups is 1. The van der Waals surface area contributed by atoms with E-state index in [1.165, 1.54) is 16.0 Å². The molecule has 0 spiro atoms. The zero-order valence-electron chi connectivity index (χ0n) is 19.2. The van der Waals surface area contributed by atoms with Gasteiger partial charge in [0.2, 0.25) is 5.91 Å². The van der Waals surface area contributed by atoms with E-state index in [0.717, 1.165) is 12.2 Å². The summed E-state index contributed by atoms with van der Waals surface area (Å²) in [6, 6.07) is 9.94. The molecule has 7 nitrogen and oxygen atoms in total. The number of amides is 1. The third-order valence-electron chi connectivity index (χ3n) is 5.64. The van der Waals surface area contributed by atoms with Gasteiger partial charge in [0.25, 0.3) is 0 Å². The quantitative estimate of drug-likeness (QED) is 0.523. The summed E-state index contributed by atoms with van der Waals surface area (Å²) in [6.07, 6.45) is 0.194. The Morgan fingerprint density at radius 3 is 2.75 bits per heavy atom. The van der Waals surface area contributed by atoms with E-state index in [4.69, 9.17) is 14.2 Å². The number of aliphatic hydroxyl groups excluding tert-OH is 1. The van der Waals surface area contributed by atoms with Gasteiger partial charge in [0.1, 0.15) is 12.4 Å². The Hall–Kier alpha value is -1.97. The third kappa shape index (κ3) is 6.76. The van der Waals surface area contributed by atoms with Gasteiger partial charge in [0, 0.05) is 38.7 Å². The second-order valence-electron chi connectivity index (χ2n) is 8.11. The fraction of sp³-hybridized carbons (Fsp3) is 0.542. The van der Waals surface area contributed by atoms with Crippen LogP contribution in [0.15, 0.2) is 35.7 Å². The Bertz CT molecular complexity index is 841. The minimum Gasteiger partial charge on any atom is -0.491 e. The largest absolute Gasteiger partial charge is 0.491 e. The molecule has 0 aliphatic carbocycles. The number of fused-ring (bicyclic) bond motifs is 1. The van der Waals surface area contributed by atoms with Gasteiger partial charge in [-0.2, -0.15) is 0 Å². The first-order valence-electron chi connectivity index (χ1n) is 10.9. The summed E-state index contributed by atoms with van der Waals surface area (Å²) in [4.78, 5) is 18.6. The van der Waals surface area contributed by atoms with Crippen LogP contribution in [0.4, 0.5) is 0 Å². The Morgan fingerprint density at radius 2 is 2.03 bits per heavy atom. The summed E-state index contributed by atoms with van der Waals surface area (Å²) in [5, 5.41) is 12.3. The number of carbonyl (C=O) groups excluding carboxylic acids is 1. The Balaban J connectivity index is 1.70. The first-order valence-corrected chi connectivity index (χ1v) is 11.8. The van der Waals surface area contributed by atoms with E-state index in [0.29, 0.717) is 32.8 Å². The summed E-state index contributed by atoms with van der Waals surface area (Å²) in [6.45, 7) is 4.95. The number of hydrogen-bond donors (Lipinski definition) is 1. The molecule has 1 aromatic heterocycles. The molecule has 1 amide bonds. The Morgan fingerprint density at radius 1 is 1.25 bits per heavy atom. The molecule has 1 aliphatic rings. The molecule has 32 heavy (non-hydrogen) atoms. The van der Waals surface area contributed by atoms with Crippen LogP contribution >= 0.6 is 11.3 Å². The molecule has 0 unspecified atom stereocenters. The number of hydrogen-bond acceptors (Lipinski definition) is 7. The van der Waals surface area contributed by atoms with Crippen LogP contribution in [-0.2, 0) is 20.7 Å². The lowest BCUT2D eigenvalue weighted by Gasteiger charge is -2.37. The summed E-state index contributed by atoms with van der Waals surface area (Å²) in [7, 11) is 3.19. The summed E-state index contributed by atoms with van der Waals surface area (Å²) >= 11 is 1.74. The van der Waals surface area contributed by atoms with Crippen LogP contribution in [0, 0.1) is 6.92 Å². The molecule has 2 heterocycles. The molecule has 8 heteroatoms. The minimum atomic E-state index is -0.657. The average molecular weight is 463 g/mol. The lowest BCUT2D eigenvalue weighted by atomic mass is 10.0. The number of nitrogens with zero attached hydrogens (tertiary/aromatic N) is 2. The highest BCUT2D eigenvalue weighted by Gasteiger charge is 2.33. The number of ether oxygens (including phenoxy) is 3. The van der Waals surface area contributed by atoms with Crippen molar-refractivity contribution in [2.75, 3.05) is 60.2 Å². The van der Waals surface area contributed by atoms with E-state index in [2.05, 4.69) is 11.4 Å². The lowest BCUT2D eigenvalue weighted by molar-refractivity contribution is -0.136. The lowest BCUT2D eigenvalue weighted by Crippen LogP contribution is -2.48. The van der Waals surface area contributed by atoms with Gasteiger partial charge in [-0.3, -0.25) is 9.69 Å². The van der Waals surface area contributed by atoms with E-state index >= 15 is 0 Å². The highest BCUT2D eigenvalue weighted by Crippen LogP contribution is 2.34. The highest BCUT2D eigenvalue weighted by atomic mass is 32.1. The van der Waals surface area contributed by atoms with Gasteiger partial charge >= 0.3 is 0 Å². The van der Waals surface area contributed by atoms with E-state index in [1.807, 2.05) is 41.0 Å². The van der Waals surface area contributed by atoms with Crippen molar-refractivity contribution in [2.45, 2.75) is 25.5 Å². The summed E-state index contributed by atoms with van der Waals surface area (Å²) in [5.41, 5.74) is 2.35. The SMILES string of the molecule is COCCN(CC(=O)N1CCc2sccc2[C@H]1COc1ccc(C)cc1)C[C@@H](O)COC. The number of rotatable bonds is 12. The second-order valence-corrected chi connectivity index (χ2v) is 9.11. The topological polar surface area (TPSA) is 71.5 Å². The van der Waals surface area contributed by atoms with E-state index in [9.17, 15) is 9.90 Å². The first kappa shape index (κ1) is 24.7. The van der Waals surface area contributed by atoms with Gasteiger partial charge in [-0.15, -0.1) is 11.3 Å². The maximum Gasteiger partial charge on any atom is 0.237 e. The molecule has 2 aromatic rings. The standard InChI is InChI=1S/C24H34N2O5S/c1-18-4-6-20(7-5-18)31-17-22-21-9-13-32-23(21)8-10-26(22)24(28)15-25(11-12-29-2)14-19(27)16-30-3/h4-7,9,13,19,22,27H,8,10-12,14-17H2,1-3H3/t19-,22-/m1/s1. The van der Waals surface area contributed by atoms with Gasteiger partial charge in [0.15, 0.2) is 0 Å². The van der Waals surface area contributed by atoms with Gasteiger partial charge in [0.05, 0.1) is 31.9 Å². The predicted molar refractivity (Wildman–Crippen MR) is 125 cm³/mol. The van der Waals surface area contributed by atoms with E-state index in [1.54, 1.807) is 25.6 Å². The van der Waals surface area contributed by atoms with Crippen LogP contribution in [-0.4, -0.2) is 87.1 Å². The van der Waals surface area contributed by atoms with E-state index in [-0.39, 0.29) is 25.1 Å². The number of aliphatic hydroxyl groups is 1. The number of methoxy groups -OCH3 is 2. The molecule has 0 radical (unpaired) electrons. The van der Waals surface area contributed by atoms with Crippen molar-refractivity contribution in [3.05, 3.63) is 51.7 Å².